The predicted octanol–water partition coefficient (Wildman–Crippen LogP) is 0.677. The second kappa shape index (κ2) is 2.84. The summed E-state index contributed by atoms with van der Waals surface area (Å²) in [5, 5.41) is 0. The highest BCUT2D eigenvalue weighted by Gasteiger charge is 2.23. The number of Topliss-reactive ketones (excluding diaryl/α,β-unsaturated/α-hetero) is 1. The van der Waals surface area contributed by atoms with Gasteiger partial charge in [0.05, 0.1) is 0 Å². The highest BCUT2D eigenvalue weighted by molar-refractivity contribution is 7.90. The molecule has 0 aromatic carbocycles. The largest absolute Gasteiger partial charge is 0.298 e. The van der Waals surface area contributed by atoms with Crippen LogP contribution in [0.2, 0.25) is 0 Å². The monoisotopic (exact) mass is 188 g/mol. The van der Waals surface area contributed by atoms with Crippen LogP contribution in [0.15, 0.2) is 22.6 Å². The van der Waals surface area contributed by atoms with E-state index in [1.807, 2.05) is 0 Å². The van der Waals surface area contributed by atoms with E-state index in [-0.39, 0.29) is 6.42 Å². The van der Waals surface area contributed by atoms with Gasteiger partial charge in [-0.2, -0.15) is 8.42 Å². The molecule has 0 bridgehead atoms. The topological polar surface area (TPSA) is 71.4 Å². The number of hydrogen-bond donors (Lipinski definition) is 1. The van der Waals surface area contributed by atoms with Crippen LogP contribution in [-0.2, 0) is 14.9 Å². The van der Waals surface area contributed by atoms with Crippen molar-refractivity contribution >= 4 is 15.9 Å². The van der Waals surface area contributed by atoms with E-state index >= 15 is 0 Å². The normalized spacial score (nSPS) is 18.7. The van der Waals surface area contributed by atoms with Crippen LogP contribution in [0.5, 0.6) is 0 Å². The van der Waals surface area contributed by atoms with Crippen LogP contribution in [0.4, 0.5) is 0 Å². The SMILES string of the molecule is CC1=CC=C(S(=O)(=O)O)C(=O)C1. The number of ketones is 1. The molecule has 1 rings (SSSR count). The molecule has 0 unspecified atom stereocenters. The fourth-order valence-corrected chi connectivity index (χ4v) is 1.54. The van der Waals surface area contributed by atoms with Gasteiger partial charge in [0, 0.05) is 6.42 Å². The number of carbonyl (C=O) groups excluding carboxylic acids is 1. The van der Waals surface area contributed by atoms with Gasteiger partial charge in [0.15, 0.2) is 5.78 Å². The molecule has 0 amide bonds. The van der Waals surface area contributed by atoms with E-state index in [0.29, 0.717) is 0 Å². The Morgan fingerprint density at radius 3 is 2.42 bits per heavy atom. The molecule has 4 nitrogen and oxygen atoms in total. The predicted molar refractivity (Wildman–Crippen MR) is 43.0 cm³/mol. The van der Waals surface area contributed by atoms with Gasteiger partial charge in [-0.15, -0.1) is 0 Å². The maximum atomic E-state index is 11.0. The first kappa shape index (κ1) is 9.15. The van der Waals surface area contributed by atoms with Crippen LogP contribution in [-0.4, -0.2) is 18.8 Å². The third-order valence-corrected chi connectivity index (χ3v) is 2.43. The minimum Gasteiger partial charge on any atom is -0.293 e. The molecule has 1 aliphatic carbocycles. The molecule has 0 aromatic heterocycles. The summed E-state index contributed by atoms with van der Waals surface area (Å²) in [5.74, 6) is -0.558. The van der Waals surface area contributed by atoms with Gasteiger partial charge in [0.2, 0.25) is 0 Å². The van der Waals surface area contributed by atoms with Crippen LogP contribution in [0.25, 0.3) is 0 Å². The second-order valence-corrected chi connectivity index (χ2v) is 4.01. The third kappa shape index (κ3) is 1.80. The maximum Gasteiger partial charge on any atom is 0.298 e. The van der Waals surface area contributed by atoms with Gasteiger partial charge >= 0.3 is 0 Å². The Morgan fingerprint density at radius 1 is 1.42 bits per heavy atom. The first-order valence-corrected chi connectivity index (χ1v) is 4.73. The zero-order chi connectivity index (χ0) is 9.35. The van der Waals surface area contributed by atoms with Crippen molar-refractivity contribution in [1.29, 1.82) is 0 Å². The zero-order valence-corrected chi connectivity index (χ0v) is 7.26. The van der Waals surface area contributed by atoms with Crippen molar-refractivity contribution in [1.82, 2.24) is 0 Å². The maximum absolute atomic E-state index is 11.0. The van der Waals surface area contributed by atoms with Crippen molar-refractivity contribution in [3.05, 3.63) is 22.6 Å². The molecular weight excluding hydrogens is 180 g/mol. The fourth-order valence-electron chi connectivity index (χ4n) is 0.940. The summed E-state index contributed by atoms with van der Waals surface area (Å²) in [4.78, 5) is 10.5. The Hall–Kier alpha value is -0.940. The number of carbonyl (C=O) groups is 1. The van der Waals surface area contributed by atoms with Gasteiger partial charge in [-0.25, -0.2) is 0 Å². The average Bonchev–Trinajstić information content (AvgIpc) is 1.83. The molecule has 12 heavy (non-hydrogen) atoms. The van der Waals surface area contributed by atoms with Crippen molar-refractivity contribution in [2.45, 2.75) is 13.3 Å². The van der Waals surface area contributed by atoms with Gasteiger partial charge in [0.1, 0.15) is 4.91 Å². The van der Waals surface area contributed by atoms with E-state index in [0.717, 1.165) is 11.6 Å². The summed E-state index contributed by atoms with van der Waals surface area (Å²) in [6, 6.07) is 0. The quantitative estimate of drug-likeness (QED) is 0.614. The van der Waals surface area contributed by atoms with Gasteiger partial charge < -0.3 is 0 Å². The van der Waals surface area contributed by atoms with Crippen LogP contribution >= 0.6 is 0 Å². The Kier molecular flexibility index (Phi) is 2.16. The molecule has 0 heterocycles. The molecule has 0 saturated heterocycles. The third-order valence-electron chi connectivity index (χ3n) is 1.51. The van der Waals surface area contributed by atoms with E-state index in [4.69, 9.17) is 4.55 Å². The van der Waals surface area contributed by atoms with Crippen molar-refractivity contribution < 1.29 is 17.8 Å². The van der Waals surface area contributed by atoms with Crippen LogP contribution in [0, 0.1) is 0 Å². The Morgan fingerprint density at radius 2 is 2.00 bits per heavy atom. The summed E-state index contributed by atoms with van der Waals surface area (Å²) >= 11 is 0. The lowest BCUT2D eigenvalue weighted by molar-refractivity contribution is -0.114. The lowest BCUT2D eigenvalue weighted by Crippen LogP contribution is -2.14. The van der Waals surface area contributed by atoms with Crippen molar-refractivity contribution in [2.24, 2.45) is 0 Å². The van der Waals surface area contributed by atoms with E-state index < -0.39 is 20.8 Å². The molecular formula is C7H8O4S. The van der Waals surface area contributed by atoms with Crippen LogP contribution < -0.4 is 0 Å². The Labute approximate surface area is 70.3 Å². The minimum absolute atomic E-state index is 0.0611. The summed E-state index contributed by atoms with van der Waals surface area (Å²) < 4.78 is 29.6. The van der Waals surface area contributed by atoms with E-state index in [9.17, 15) is 13.2 Å². The van der Waals surface area contributed by atoms with Gasteiger partial charge in [-0.1, -0.05) is 11.6 Å². The Bertz CT molecular complexity index is 372. The standard InChI is InChI=1S/C7H8O4S/c1-5-2-3-7(6(8)4-5)12(9,10)11/h2-3H,4H2,1H3,(H,9,10,11). The number of allylic oxidation sites excluding steroid dienone is 4. The zero-order valence-electron chi connectivity index (χ0n) is 6.44. The summed E-state index contributed by atoms with van der Waals surface area (Å²) in [6.45, 7) is 1.72. The molecule has 66 valence electrons. The molecule has 1 aliphatic rings. The molecule has 0 fully saturated rings. The van der Waals surface area contributed by atoms with Crippen LogP contribution in [0.1, 0.15) is 13.3 Å². The minimum atomic E-state index is -4.33. The number of rotatable bonds is 1. The smallest absolute Gasteiger partial charge is 0.293 e. The number of hydrogen-bond acceptors (Lipinski definition) is 3. The Balaban J connectivity index is 3.16. The van der Waals surface area contributed by atoms with Crippen LogP contribution in [0.3, 0.4) is 0 Å². The fraction of sp³-hybridized carbons (Fsp3) is 0.286. The molecule has 0 spiro atoms. The first-order chi connectivity index (χ1) is 5.41. The summed E-state index contributed by atoms with van der Waals surface area (Å²) in [7, 11) is -4.33. The van der Waals surface area contributed by atoms with E-state index in [2.05, 4.69) is 0 Å². The summed E-state index contributed by atoms with van der Waals surface area (Å²) in [6.07, 6.45) is 2.69. The molecule has 0 radical (unpaired) electrons. The highest BCUT2D eigenvalue weighted by atomic mass is 32.2. The molecule has 0 aliphatic heterocycles. The lowest BCUT2D eigenvalue weighted by atomic mass is 10.1. The highest BCUT2D eigenvalue weighted by Crippen LogP contribution is 2.17. The average molecular weight is 188 g/mol. The first-order valence-electron chi connectivity index (χ1n) is 3.29. The molecule has 0 atom stereocenters. The van der Waals surface area contributed by atoms with Crippen molar-refractivity contribution in [2.75, 3.05) is 0 Å². The molecule has 0 saturated carbocycles. The van der Waals surface area contributed by atoms with Gasteiger partial charge in [0.25, 0.3) is 10.1 Å². The van der Waals surface area contributed by atoms with Gasteiger partial charge in [-0.05, 0) is 13.0 Å². The van der Waals surface area contributed by atoms with E-state index in [1.54, 1.807) is 6.92 Å². The molecule has 0 aromatic rings. The van der Waals surface area contributed by atoms with Crippen molar-refractivity contribution in [3.63, 3.8) is 0 Å². The second-order valence-electron chi connectivity index (χ2n) is 2.62. The molecule has 5 heteroatoms. The van der Waals surface area contributed by atoms with Gasteiger partial charge in [-0.3, -0.25) is 9.35 Å². The lowest BCUT2D eigenvalue weighted by Gasteiger charge is -2.07. The molecule has 1 N–H and O–H groups in total. The summed E-state index contributed by atoms with van der Waals surface area (Å²) in [5.41, 5.74) is 0.785. The van der Waals surface area contributed by atoms with E-state index in [1.165, 1.54) is 6.08 Å². The van der Waals surface area contributed by atoms with Crippen molar-refractivity contribution in [3.8, 4) is 0 Å².